The molecule has 7 nitrogen and oxygen atoms in total. The summed E-state index contributed by atoms with van der Waals surface area (Å²) in [6, 6.07) is 6.79. The van der Waals surface area contributed by atoms with Crippen molar-refractivity contribution in [1.82, 2.24) is 14.8 Å². The fourth-order valence-corrected chi connectivity index (χ4v) is 4.67. The lowest BCUT2D eigenvalue weighted by molar-refractivity contribution is -0.141. The van der Waals surface area contributed by atoms with Gasteiger partial charge in [0.05, 0.1) is 22.8 Å². The van der Waals surface area contributed by atoms with E-state index in [2.05, 4.69) is 24.1 Å². The van der Waals surface area contributed by atoms with Crippen LogP contribution in [0.2, 0.25) is 0 Å². The van der Waals surface area contributed by atoms with Crippen LogP contribution in [0.4, 0.5) is 18.9 Å². The average Bonchev–Trinajstić information content (AvgIpc) is 3.24. The van der Waals surface area contributed by atoms with E-state index in [1.807, 2.05) is 10.9 Å². The van der Waals surface area contributed by atoms with E-state index in [1.165, 1.54) is 6.07 Å². The molecule has 2 aromatic heterocycles. The van der Waals surface area contributed by atoms with Crippen molar-refractivity contribution in [1.29, 1.82) is 0 Å². The summed E-state index contributed by atoms with van der Waals surface area (Å²) in [6.45, 7) is 7.61. The Bertz CT molecular complexity index is 1260. The number of ether oxygens (including phenoxy) is 1. The number of carbonyl (C=O) groups is 1. The number of nitrogens with zero attached hydrogens (tertiary/aromatic N) is 3. The van der Waals surface area contributed by atoms with Gasteiger partial charge in [0, 0.05) is 17.6 Å². The largest absolute Gasteiger partial charge is 0.488 e. The zero-order chi connectivity index (χ0) is 27.0. The van der Waals surface area contributed by atoms with Crippen molar-refractivity contribution >= 4 is 22.5 Å². The molecule has 0 saturated heterocycles. The Kier molecular flexibility index (Phi) is 7.50. The number of carbonyl (C=O) groups excluding carboxylic acids is 1. The fourth-order valence-electron chi connectivity index (χ4n) is 4.67. The van der Waals surface area contributed by atoms with Crippen LogP contribution in [0.3, 0.4) is 0 Å². The van der Waals surface area contributed by atoms with E-state index in [4.69, 9.17) is 9.84 Å². The molecule has 10 heteroatoms. The quantitative estimate of drug-likeness (QED) is 0.387. The second kappa shape index (κ2) is 10.3. The Balaban J connectivity index is 1.62. The molecule has 1 fully saturated rings. The van der Waals surface area contributed by atoms with Gasteiger partial charge in [0.15, 0.2) is 0 Å². The molecule has 0 aliphatic heterocycles. The van der Waals surface area contributed by atoms with Crippen LogP contribution >= 0.6 is 0 Å². The van der Waals surface area contributed by atoms with E-state index in [0.717, 1.165) is 43.2 Å². The molecular formula is C27H33F3N4O3. The van der Waals surface area contributed by atoms with Gasteiger partial charge in [-0.15, -0.1) is 0 Å². The van der Waals surface area contributed by atoms with Gasteiger partial charge < -0.3 is 15.2 Å². The van der Waals surface area contributed by atoms with Gasteiger partial charge >= 0.3 is 6.18 Å². The average molecular weight is 519 g/mol. The molecule has 1 amide bonds. The number of halogens is 3. The molecule has 1 aromatic carbocycles. The van der Waals surface area contributed by atoms with Gasteiger partial charge in [0.2, 0.25) is 0 Å². The number of nitrogens with one attached hydrogen (secondary N) is 1. The summed E-state index contributed by atoms with van der Waals surface area (Å²) in [6.07, 6.45) is 1.60. The third-order valence-electron chi connectivity index (χ3n) is 6.78. The van der Waals surface area contributed by atoms with Crippen LogP contribution in [0.15, 0.2) is 36.5 Å². The van der Waals surface area contributed by atoms with Gasteiger partial charge in [-0.25, -0.2) is 4.98 Å². The van der Waals surface area contributed by atoms with Gasteiger partial charge in [-0.3, -0.25) is 9.48 Å². The highest BCUT2D eigenvalue weighted by Gasteiger charge is 2.33. The maximum absolute atomic E-state index is 13.1. The molecule has 0 atom stereocenters. The first-order chi connectivity index (χ1) is 17.3. The summed E-state index contributed by atoms with van der Waals surface area (Å²) in [7, 11) is 0. The number of pyridine rings is 1. The minimum absolute atomic E-state index is 0.0664. The Morgan fingerprint density at radius 1 is 1.19 bits per heavy atom. The minimum Gasteiger partial charge on any atom is -0.488 e. The predicted molar refractivity (Wildman–Crippen MR) is 135 cm³/mol. The van der Waals surface area contributed by atoms with Crippen LogP contribution < -0.4 is 10.1 Å². The zero-order valence-corrected chi connectivity index (χ0v) is 21.5. The van der Waals surface area contributed by atoms with E-state index in [1.54, 1.807) is 26.0 Å². The third-order valence-corrected chi connectivity index (χ3v) is 6.78. The fraction of sp³-hybridized carbons (Fsp3) is 0.519. The van der Waals surface area contributed by atoms with Crippen LogP contribution in [0.1, 0.15) is 75.6 Å². The van der Waals surface area contributed by atoms with E-state index < -0.39 is 23.4 Å². The molecule has 1 saturated carbocycles. The van der Waals surface area contributed by atoms with Crippen molar-refractivity contribution in [3.8, 4) is 5.75 Å². The Labute approximate surface area is 214 Å². The lowest BCUT2D eigenvalue weighted by Crippen LogP contribution is -2.28. The van der Waals surface area contributed by atoms with Gasteiger partial charge in [-0.1, -0.05) is 19.9 Å². The van der Waals surface area contributed by atoms with Crippen LogP contribution in [0, 0.1) is 11.8 Å². The van der Waals surface area contributed by atoms with Crippen molar-refractivity contribution in [2.24, 2.45) is 11.8 Å². The van der Waals surface area contributed by atoms with Crippen LogP contribution in [0.25, 0.3) is 10.9 Å². The molecule has 1 aliphatic carbocycles. The first-order valence-corrected chi connectivity index (χ1v) is 12.5. The number of rotatable bonds is 7. The number of aromatic nitrogens is 3. The lowest BCUT2D eigenvalue weighted by Gasteiger charge is -2.30. The topological polar surface area (TPSA) is 89.3 Å². The molecule has 4 rings (SSSR count). The van der Waals surface area contributed by atoms with Crippen LogP contribution in [0.5, 0.6) is 5.75 Å². The second-order valence-corrected chi connectivity index (χ2v) is 10.8. The van der Waals surface area contributed by atoms with Gasteiger partial charge in [-0.2, -0.15) is 18.3 Å². The maximum Gasteiger partial charge on any atom is 0.433 e. The predicted octanol–water partition coefficient (Wildman–Crippen LogP) is 6.24. The SMILES string of the molecule is CC(C)[C@H]1CC[C@H](n2cc3cc(NC(=O)c4cccc(C(F)(F)F)n4)c(OCC(C)(C)O)cc3n2)CC1. The number of hydrogen-bond donors (Lipinski definition) is 2. The molecule has 3 aromatic rings. The number of alkyl halides is 3. The van der Waals surface area contributed by atoms with Crippen molar-refractivity contribution in [3.63, 3.8) is 0 Å². The number of fused-ring (bicyclic) bond motifs is 1. The van der Waals surface area contributed by atoms with E-state index >= 15 is 0 Å². The number of benzene rings is 1. The molecule has 0 spiro atoms. The standard InChI is InChI=1S/C27H33F3N4O3/c1-16(2)17-8-10-19(11-9-17)34-14-18-12-22(23(13-21(18)33-34)37-15-26(3,4)36)32-25(35)20-6-5-7-24(31-20)27(28,29)30/h5-7,12-14,16-17,19,36H,8-11,15H2,1-4H3,(H,32,35)/t17-,19-. The highest BCUT2D eigenvalue weighted by Crippen LogP contribution is 2.37. The number of aliphatic hydroxyl groups is 1. The first-order valence-electron chi connectivity index (χ1n) is 12.5. The second-order valence-electron chi connectivity index (χ2n) is 10.8. The number of hydrogen-bond acceptors (Lipinski definition) is 5. The first kappa shape index (κ1) is 26.9. The van der Waals surface area contributed by atoms with Crippen LogP contribution in [-0.2, 0) is 6.18 Å². The van der Waals surface area contributed by atoms with Gasteiger partial charge in [0.1, 0.15) is 23.7 Å². The molecule has 37 heavy (non-hydrogen) atoms. The van der Waals surface area contributed by atoms with Crippen molar-refractivity contribution in [2.45, 2.75) is 71.2 Å². The van der Waals surface area contributed by atoms with Crippen LogP contribution in [-0.4, -0.2) is 38.0 Å². The summed E-state index contributed by atoms with van der Waals surface area (Å²) >= 11 is 0. The van der Waals surface area contributed by atoms with E-state index in [9.17, 15) is 23.1 Å². The molecule has 0 bridgehead atoms. The Hall–Kier alpha value is -3.14. The molecule has 200 valence electrons. The van der Waals surface area contributed by atoms with Crippen molar-refractivity contribution in [2.75, 3.05) is 11.9 Å². The molecule has 1 aliphatic rings. The monoisotopic (exact) mass is 518 g/mol. The Morgan fingerprint density at radius 3 is 2.51 bits per heavy atom. The molecule has 2 N–H and O–H groups in total. The summed E-state index contributed by atoms with van der Waals surface area (Å²) < 4.78 is 47.0. The third kappa shape index (κ3) is 6.60. The van der Waals surface area contributed by atoms with Crippen molar-refractivity contribution in [3.05, 3.63) is 47.9 Å². The minimum atomic E-state index is -4.67. The number of amides is 1. The summed E-state index contributed by atoms with van der Waals surface area (Å²) in [5, 5.41) is 18.3. The molecule has 0 radical (unpaired) electrons. The normalized spacial score (nSPS) is 18.8. The number of anilines is 1. The summed E-state index contributed by atoms with van der Waals surface area (Å²) in [5.41, 5.74) is -1.76. The molecular weight excluding hydrogens is 485 g/mol. The van der Waals surface area contributed by atoms with Gasteiger partial charge in [-0.05, 0) is 69.6 Å². The highest BCUT2D eigenvalue weighted by molar-refractivity contribution is 6.05. The highest BCUT2D eigenvalue weighted by atomic mass is 19.4. The van der Waals surface area contributed by atoms with Crippen molar-refractivity contribution < 1.29 is 27.8 Å². The Morgan fingerprint density at radius 2 is 1.89 bits per heavy atom. The summed E-state index contributed by atoms with van der Waals surface area (Å²) in [4.78, 5) is 16.3. The maximum atomic E-state index is 13.1. The lowest BCUT2D eigenvalue weighted by atomic mass is 9.80. The zero-order valence-electron chi connectivity index (χ0n) is 21.5. The molecule has 2 heterocycles. The molecule has 0 unspecified atom stereocenters. The van der Waals surface area contributed by atoms with E-state index in [-0.39, 0.29) is 29.8 Å². The van der Waals surface area contributed by atoms with E-state index in [0.29, 0.717) is 17.4 Å². The smallest absolute Gasteiger partial charge is 0.433 e. The van der Waals surface area contributed by atoms with Gasteiger partial charge in [0.25, 0.3) is 5.91 Å². The summed E-state index contributed by atoms with van der Waals surface area (Å²) in [5.74, 6) is 0.821.